The first-order chi connectivity index (χ1) is 9.56. The molecule has 20 heavy (non-hydrogen) atoms. The Bertz CT molecular complexity index is 406. The molecule has 1 N–H and O–H groups in total. The summed E-state index contributed by atoms with van der Waals surface area (Å²) in [5.41, 5.74) is 2.29. The van der Waals surface area contributed by atoms with Crippen LogP contribution in [0.15, 0.2) is 0 Å². The maximum Gasteiger partial charge on any atom is 0.131 e. The van der Waals surface area contributed by atoms with Crippen LogP contribution in [0.1, 0.15) is 18.2 Å². The van der Waals surface area contributed by atoms with Gasteiger partial charge in [0.25, 0.3) is 0 Å². The molecular weight excluding hydrogens is 256 g/mol. The lowest BCUT2D eigenvalue weighted by molar-refractivity contribution is 0.170. The van der Waals surface area contributed by atoms with Crippen LogP contribution in [0.25, 0.3) is 0 Å². The van der Waals surface area contributed by atoms with Crippen LogP contribution in [-0.4, -0.2) is 56.8 Å². The van der Waals surface area contributed by atoms with Gasteiger partial charge in [0.05, 0.1) is 24.9 Å². The third-order valence-corrected chi connectivity index (χ3v) is 3.42. The largest absolute Gasteiger partial charge is 0.383 e. The quantitative estimate of drug-likeness (QED) is 0.731. The Balaban J connectivity index is 3.11. The number of anilines is 1. The Hall–Kier alpha value is -1.11. The molecule has 0 saturated heterocycles. The fourth-order valence-electron chi connectivity index (χ4n) is 2.49. The number of rotatable bonds is 9. The van der Waals surface area contributed by atoms with Crippen LogP contribution >= 0.6 is 0 Å². The van der Waals surface area contributed by atoms with Gasteiger partial charge in [-0.15, -0.1) is 0 Å². The molecule has 1 rings (SSSR count). The SMILES string of the molecule is CNCc1c(C)nn(C)c1N(CCOC)C(C)COC. The monoisotopic (exact) mass is 284 g/mol. The average molecular weight is 284 g/mol. The van der Waals surface area contributed by atoms with Gasteiger partial charge in [-0.05, 0) is 20.9 Å². The first-order valence-electron chi connectivity index (χ1n) is 6.98. The van der Waals surface area contributed by atoms with Crippen molar-refractivity contribution in [3.05, 3.63) is 11.3 Å². The molecule has 1 aromatic rings. The number of methoxy groups -OCH3 is 2. The van der Waals surface area contributed by atoms with Gasteiger partial charge in [0.2, 0.25) is 0 Å². The van der Waals surface area contributed by atoms with Crippen molar-refractivity contribution in [1.29, 1.82) is 0 Å². The fourth-order valence-corrected chi connectivity index (χ4v) is 2.49. The molecule has 6 nitrogen and oxygen atoms in total. The summed E-state index contributed by atoms with van der Waals surface area (Å²) in [6.07, 6.45) is 0. The van der Waals surface area contributed by atoms with Crippen molar-refractivity contribution in [1.82, 2.24) is 15.1 Å². The standard InChI is InChI=1S/C14H28N4O2/c1-11(10-20-6)18(7-8-19-5)14-13(9-15-3)12(2)16-17(14)4/h11,15H,7-10H2,1-6H3. The highest BCUT2D eigenvalue weighted by Crippen LogP contribution is 2.25. The fraction of sp³-hybridized carbons (Fsp3) is 0.786. The Morgan fingerprint density at radius 2 is 2.05 bits per heavy atom. The second-order valence-electron chi connectivity index (χ2n) is 5.03. The number of aromatic nitrogens is 2. The number of hydrogen-bond acceptors (Lipinski definition) is 5. The molecular formula is C14H28N4O2. The van der Waals surface area contributed by atoms with Crippen molar-refractivity contribution in [2.45, 2.75) is 26.4 Å². The molecule has 0 bridgehead atoms. The van der Waals surface area contributed by atoms with Crippen LogP contribution in [-0.2, 0) is 23.1 Å². The maximum absolute atomic E-state index is 5.30. The van der Waals surface area contributed by atoms with Crippen LogP contribution in [0.2, 0.25) is 0 Å². The van der Waals surface area contributed by atoms with Crippen molar-refractivity contribution >= 4 is 5.82 Å². The van der Waals surface area contributed by atoms with Crippen molar-refractivity contribution in [2.24, 2.45) is 7.05 Å². The van der Waals surface area contributed by atoms with E-state index in [1.54, 1.807) is 14.2 Å². The molecule has 0 radical (unpaired) electrons. The molecule has 0 aliphatic heterocycles. The lowest BCUT2D eigenvalue weighted by Crippen LogP contribution is -2.40. The summed E-state index contributed by atoms with van der Waals surface area (Å²) in [5, 5.41) is 7.77. The van der Waals surface area contributed by atoms with Crippen LogP contribution in [0.4, 0.5) is 5.82 Å². The molecule has 0 fully saturated rings. The third kappa shape index (κ3) is 3.94. The van der Waals surface area contributed by atoms with E-state index in [-0.39, 0.29) is 6.04 Å². The normalized spacial score (nSPS) is 12.7. The Labute approximate surface area is 122 Å². The molecule has 0 aromatic carbocycles. The summed E-state index contributed by atoms with van der Waals surface area (Å²) in [6, 6.07) is 0.264. The minimum atomic E-state index is 0.264. The highest BCUT2D eigenvalue weighted by Gasteiger charge is 2.22. The van der Waals surface area contributed by atoms with E-state index < -0.39 is 0 Å². The summed E-state index contributed by atoms with van der Waals surface area (Å²) in [5.74, 6) is 1.14. The van der Waals surface area contributed by atoms with Gasteiger partial charge in [-0.3, -0.25) is 4.68 Å². The molecule has 1 unspecified atom stereocenters. The topological polar surface area (TPSA) is 51.6 Å². The van der Waals surface area contributed by atoms with Gasteiger partial charge in [0.15, 0.2) is 0 Å². The smallest absolute Gasteiger partial charge is 0.131 e. The average Bonchev–Trinajstić information content (AvgIpc) is 2.67. The Morgan fingerprint density at radius 1 is 1.35 bits per heavy atom. The van der Waals surface area contributed by atoms with Crippen molar-refractivity contribution < 1.29 is 9.47 Å². The predicted molar refractivity (Wildman–Crippen MR) is 81.3 cm³/mol. The number of ether oxygens (including phenoxy) is 2. The van der Waals surface area contributed by atoms with Gasteiger partial charge < -0.3 is 19.7 Å². The second-order valence-corrected chi connectivity index (χ2v) is 5.03. The van der Waals surface area contributed by atoms with E-state index >= 15 is 0 Å². The molecule has 0 aliphatic rings. The van der Waals surface area contributed by atoms with E-state index in [4.69, 9.17) is 9.47 Å². The molecule has 6 heteroatoms. The molecule has 1 atom stereocenters. The molecule has 1 heterocycles. The molecule has 0 aliphatic carbocycles. The molecule has 1 aromatic heterocycles. The second kappa shape index (κ2) is 8.24. The third-order valence-electron chi connectivity index (χ3n) is 3.42. The first-order valence-corrected chi connectivity index (χ1v) is 6.98. The molecule has 116 valence electrons. The molecule has 0 spiro atoms. The van der Waals surface area contributed by atoms with E-state index in [1.165, 1.54) is 5.56 Å². The minimum Gasteiger partial charge on any atom is -0.383 e. The van der Waals surface area contributed by atoms with Crippen LogP contribution in [0, 0.1) is 6.92 Å². The highest BCUT2D eigenvalue weighted by molar-refractivity contribution is 5.51. The number of aryl methyl sites for hydroxylation is 2. The van der Waals surface area contributed by atoms with Gasteiger partial charge in [-0.2, -0.15) is 5.10 Å². The Kier molecular flexibility index (Phi) is 6.98. The van der Waals surface area contributed by atoms with E-state index in [0.717, 1.165) is 24.6 Å². The lowest BCUT2D eigenvalue weighted by Gasteiger charge is -2.31. The highest BCUT2D eigenvalue weighted by atomic mass is 16.5. The van der Waals surface area contributed by atoms with E-state index in [0.29, 0.717) is 13.2 Å². The lowest BCUT2D eigenvalue weighted by atomic mass is 10.2. The van der Waals surface area contributed by atoms with Crippen LogP contribution in [0.3, 0.4) is 0 Å². The predicted octanol–water partition coefficient (Wildman–Crippen LogP) is 0.936. The van der Waals surface area contributed by atoms with Gasteiger partial charge in [-0.1, -0.05) is 0 Å². The number of nitrogens with zero attached hydrogens (tertiary/aromatic N) is 3. The zero-order valence-electron chi connectivity index (χ0n) is 13.6. The van der Waals surface area contributed by atoms with E-state index in [2.05, 4.69) is 22.2 Å². The summed E-state index contributed by atoms with van der Waals surface area (Å²) >= 11 is 0. The zero-order chi connectivity index (χ0) is 15.1. The van der Waals surface area contributed by atoms with Crippen molar-refractivity contribution in [3.63, 3.8) is 0 Å². The number of nitrogens with one attached hydrogen (secondary N) is 1. The van der Waals surface area contributed by atoms with Gasteiger partial charge >= 0.3 is 0 Å². The summed E-state index contributed by atoms with van der Waals surface area (Å²) in [7, 11) is 7.39. The van der Waals surface area contributed by atoms with E-state index in [9.17, 15) is 0 Å². The minimum absolute atomic E-state index is 0.264. The zero-order valence-corrected chi connectivity index (χ0v) is 13.6. The Morgan fingerprint density at radius 3 is 2.60 bits per heavy atom. The van der Waals surface area contributed by atoms with Crippen LogP contribution in [0.5, 0.6) is 0 Å². The molecule has 0 saturated carbocycles. The van der Waals surface area contributed by atoms with Crippen molar-refractivity contribution in [2.75, 3.05) is 45.9 Å². The molecule has 0 amide bonds. The van der Waals surface area contributed by atoms with Crippen molar-refractivity contribution in [3.8, 4) is 0 Å². The van der Waals surface area contributed by atoms with Gasteiger partial charge in [-0.25, -0.2) is 0 Å². The summed E-state index contributed by atoms with van der Waals surface area (Å²) in [6.45, 7) is 7.18. The maximum atomic E-state index is 5.30. The first kappa shape index (κ1) is 16.9. The number of hydrogen-bond donors (Lipinski definition) is 1. The summed E-state index contributed by atoms with van der Waals surface area (Å²) in [4.78, 5) is 2.31. The van der Waals surface area contributed by atoms with Gasteiger partial charge in [0, 0.05) is 39.9 Å². The van der Waals surface area contributed by atoms with Crippen LogP contribution < -0.4 is 10.2 Å². The van der Waals surface area contributed by atoms with E-state index in [1.807, 2.05) is 25.7 Å². The van der Waals surface area contributed by atoms with Gasteiger partial charge in [0.1, 0.15) is 5.82 Å². The summed E-state index contributed by atoms with van der Waals surface area (Å²) < 4.78 is 12.5.